The van der Waals surface area contributed by atoms with Crippen molar-refractivity contribution in [2.45, 2.75) is 82.3 Å². The average molecular weight is 756 g/mol. The molecule has 1 unspecified atom stereocenters. The number of fused-ring (bicyclic) bond motifs is 1. The predicted molar refractivity (Wildman–Crippen MR) is 206 cm³/mol. The van der Waals surface area contributed by atoms with Crippen molar-refractivity contribution < 1.29 is 28.8 Å². The van der Waals surface area contributed by atoms with E-state index in [1.54, 1.807) is 79.2 Å². The van der Waals surface area contributed by atoms with Crippen LogP contribution in [0.5, 0.6) is 0 Å². The normalized spacial score (nSPS) is 20.6. The fraction of sp³-hybridized carbons (Fsp3) is 0.400. The maximum Gasteiger partial charge on any atom is 0.247 e. The summed E-state index contributed by atoms with van der Waals surface area (Å²) in [6.45, 7) is 6.03. The van der Waals surface area contributed by atoms with E-state index in [-0.39, 0.29) is 36.2 Å². The zero-order valence-corrected chi connectivity index (χ0v) is 31.8. The minimum absolute atomic E-state index is 0.175. The Bertz CT molecular complexity index is 1790. The molecule has 286 valence electrons. The molecule has 5 rings (SSSR count). The van der Waals surface area contributed by atoms with Gasteiger partial charge in [0, 0.05) is 13.1 Å². The number of hydrogen-bond acceptors (Lipinski definition) is 8. The Morgan fingerprint density at radius 2 is 1.37 bits per heavy atom. The van der Waals surface area contributed by atoms with Gasteiger partial charge in [0.1, 0.15) is 24.2 Å². The average Bonchev–Trinajstić information content (AvgIpc) is 3.38. The lowest BCUT2D eigenvalue weighted by Gasteiger charge is -2.35. The Hall–Kier alpha value is -5.21. The minimum Gasteiger partial charge on any atom is -0.350 e. The summed E-state index contributed by atoms with van der Waals surface area (Å²) in [4.78, 5) is 80.5. The molecule has 2 aliphatic heterocycles. The first-order valence-electron chi connectivity index (χ1n) is 18.1. The SMILES string of the molecule is CN[C@@H](C)C(=O)N[C@H]1CCSC2CC(C)(C)[C@@H](C(=O)N[C@@H](C(=O)NCc3ccc(CNC(=O)[C@@H](NC=O)c4ccccc4)cc3)c3ccccc3)N2C1=O. The number of rotatable bonds is 15. The molecular formula is C40H49N7O6S. The smallest absolute Gasteiger partial charge is 0.247 e. The van der Waals surface area contributed by atoms with E-state index in [2.05, 4.69) is 31.9 Å². The summed E-state index contributed by atoms with van der Waals surface area (Å²) in [5.41, 5.74) is 2.27. The summed E-state index contributed by atoms with van der Waals surface area (Å²) < 4.78 is 0. The summed E-state index contributed by atoms with van der Waals surface area (Å²) in [6, 6.07) is 21.3. The monoisotopic (exact) mass is 755 g/mol. The van der Waals surface area contributed by atoms with E-state index in [1.807, 2.05) is 50.2 Å². The maximum absolute atomic E-state index is 14.3. The van der Waals surface area contributed by atoms with E-state index in [1.165, 1.54) is 0 Å². The van der Waals surface area contributed by atoms with Crippen molar-refractivity contribution in [1.29, 1.82) is 0 Å². The van der Waals surface area contributed by atoms with Crippen LogP contribution >= 0.6 is 11.8 Å². The van der Waals surface area contributed by atoms with Gasteiger partial charge in [0.05, 0.1) is 11.4 Å². The summed E-state index contributed by atoms with van der Waals surface area (Å²) in [7, 11) is 1.67. The van der Waals surface area contributed by atoms with Crippen molar-refractivity contribution in [3.63, 3.8) is 0 Å². The molecule has 13 nitrogen and oxygen atoms in total. The third-order valence-electron chi connectivity index (χ3n) is 9.96. The van der Waals surface area contributed by atoms with Crippen LogP contribution in [0.1, 0.15) is 68.0 Å². The predicted octanol–water partition coefficient (Wildman–Crippen LogP) is 2.45. The second kappa shape index (κ2) is 18.2. The van der Waals surface area contributed by atoms with Gasteiger partial charge in [-0.3, -0.25) is 28.8 Å². The van der Waals surface area contributed by atoms with Gasteiger partial charge in [0.15, 0.2) is 0 Å². The summed E-state index contributed by atoms with van der Waals surface area (Å²) in [5, 5.41) is 16.9. The Morgan fingerprint density at radius 1 is 0.833 bits per heavy atom. The van der Waals surface area contributed by atoms with E-state index in [9.17, 15) is 28.8 Å². The first-order valence-corrected chi connectivity index (χ1v) is 19.1. The van der Waals surface area contributed by atoms with E-state index in [0.29, 0.717) is 36.1 Å². The lowest BCUT2D eigenvalue weighted by molar-refractivity contribution is -0.144. The molecule has 2 fully saturated rings. The van der Waals surface area contributed by atoms with Crippen molar-refractivity contribution in [2.24, 2.45) is 5.41 Å². The van der Waals surface area contributed by atoms with Gasteiger partial charge in [0.2, 0.25) is 35.9 Å². The number of nitrogens with one attached hydrogen (secondary N) is 6. The number of hydrogen-bond donors (Lipinski definition) is 6. The zero-order valence-electron chi connectivity index (χ0n) is 31.0. The fourth-order valence-electron chi connectivity index (χ4n) is 6.84. The van der Waals surface area contributed by atoms with Crippen molar-refractivity contribution >= 4 is 47.7 Å². The quantitative estimate of drug-likeness (QED) is 0.128. The highest BCUT2D eigenvalue weighted by Crippen LogP contribution is 2.46. The molecule has 3 aromatic rings. The number of carbonyl (C=O) groups excluding carboxylic acids is 6. The van der Waals surface area contributed by atoms with Crippen molar-refractivity contribution in [3.05, 3.63) is 107 Å². The first-order chi connectivity index (χ1) is 25.9. The number of nitrogens with zero attached hydrogens (tertiary/aromatic N) is 1. The Labute approximate surface area is 320 Å². The number of thioether (sulfide) groups is 1. The van der Waals surface area contributed by atoms with Crippen molar-refractivity contribution in [3.8, 4) is 0 Å². The standard InChI is InChI=1S/C40H49N7O6S/c1-25(41-4)35(49)45-30-19-20-54-31-21-40(2,3)34(47(31)39(30)53)38(52)46-33(29-13-9-6-10-14-29)37(51)43-23-27-17-15-26(16-18-27)22-42-36(50)32(44-24-48)28-11-7-5-8-12-28/h5-18,24-25,30-34,41H,19-23H2,1-4H3,(H,42,50)(H,43,51)(H,44,48)(H,45,49)(H,46,52)/t25-,30-,31?,32-,33+,34+/m0/s1. The minimum atomic E-state index is -1.04. The van der Waals surface area contributed by atoms with Crippen LogP contribution in [-0.4, -0.2) is 77.1 Å². The molecule has 14 heteroatoms. The highest BCUT2D eigenvalue weighted by Gasteiger charge is 2.54. The van der Waals surface area contributed by atoms with E-state index in [0.717, 1.165) is 11.1 Å². The fourth-order valence-corrected chi connectivity index (χ4v) is 8.42. The van der Waals surface area contributed by atoms with Gasteiger partial charge in [0.25, 0.3) is 0 Å². The molecule has 54 heavy (non-hydrogen) atoms. The molecular weight excluding hydrogens is 707 g/mol. The van der Waals surface area contributed by atoms with Crippen LogP contribution in [0.2, 0.25) is 0 Å². The van der Waals surface area contributed by atoms with Gasteiger partial charge < -0.3 is 36.8 Å². The molecule has 0 saturated carbocycles. The summed E-state index contributed by atoms with van der Waals surface area (Å²) in [6.07, 6.45) is 1.53. The van der Waals surface area contributed by atoms with Crippen LogP contribution in [0.4, 0.5) is 0 Å². The lowest BCUT2D eigenvalue weighted by Crippen LogP contribution is -2.58. The van der Waals surface area contributed by atoms with Gasteiger partial charge in [-0.05, 0) is 60.2 Å². The van der Waals surface area contributed by atoms with Crippen LogP contribution in [0.25, 0.3) is 0 Å². The molecule has 6 N–H and O–H groups in total. The molecule has 2 saturated heterocycles. The maximum atomic E-state index is 14.3. The second-order valence-corrected chi connectivity index (χ2v) is 15.5. The van der Waals surface area contributed by atoms with Gasteiger partial charge in [-0.1, -0.05) is 98.8 Å². The van der Waals surface area contributed by atoms with Crippen LogP contribution in [0.3, 0.4) is 0 Å². The van der Waals surface area contributed by atoms with E-state index >= 15 is 0 Å². The Balaban J connectivity index is 1.24. The molecule has 6 atom stereocenters. The molecule has 2 heterocycles. The van der Waals surface area contributed by atoms with Gasteiger partial charge in [-0.2, -0.15) is 0 Å². The largest absolute Gasteiger partial charge is 0.350 e. The Kier molecular flexibility index (Phi) is 13.5. The third kappa shape index (κ3) is 9.66. The van der Waals surface area contributed by atoms with Crippen LogP contribution in [-0.2, 0) is 41.9 Å². The number of amides is 6. The molecule has 0 aliphatic carbocycles. The molecule has 0 spiro atoms. The van der Waals surface area contributed by atoms with E-state index in [4.69, 9.17) is 0 Å². The highest BCUT2D eigenvalue weighted by molar-refractivity contribution is 7.99. The van der Waals surface area contributed by atoms with Crippen LogP contribution in [0, 0.1) is 5.41 Å². The lowest BCUT2D eigenvalue weighted by atomic mass is 9.83. The van der Waals surface area contributed by atoms with Gasteiger partial charge in [-0.25, -0.2) is 0 Å². The summed E-state index contributed by atoms with van der Waals surface area (Å²) >= 11 is 1.60. The molecule has 2 aliphatic rings. The number of carbonyl (C=O) groups is 6. The van der Waals surface area contributed by atoms with Gasteiger partial charge >= 0.3 is 0 Å². The summed E-state index contributed by atoms with van der Waals surface area (Å²) in [5.74, 6) is -1.16. The molecule has 0 aromatic heterocycles. The number of benzene rings is 3. The van der Waals surface area contributed by atoms with E-state index < -0.39 is 47.4 Å². The highest BCUT2D eigenvalue weighted by atomic mass is 32.2. The topological polar surface area (TPSA) is 178 Å². The second-order valence-electron chi connectivity index (χ2n) is 14.3. The van der Waals surface area contributed by atoms with Gasteiger partial charge in [-0.15, -0.1) is 11.8 Å². The molecule has 3 aromatic carbocycles. The Morgan fingerprint density at radius 3 is 1.91 bits per heavy atom. The first kappa shape index (κ1) is 40.0. The molecule has 6 amide bonds. The molecule has 0 radical (unpaired) electrons. The van der Waals surface area contributed by atoms with Crippen LogP contribution in [0.15, 0.2) is 84.9 Å². The third-order valence-corrected chi connectivity index (χ3v) is 11.2. The van der Waals surface area contributed by atoms with Crippen molar-refractivity contribution in [2.75, 3.05) is 12.8 Å². The molecule has 0 bridgehead atoms. The zero-order chi connectivity index (χ0) is 38.8. The number of likely N-dealkylation sites (N-methyl/N-ethyl adjacent to an activating group) is 1. The van der Waals surface area contributed by atoms with Crippen molar-refractivity contribution in [1.82, 2.24) is 36.8 Å². The van der Waals surface area contributed by atoms with Crippen LogP contribution < -0.4 is 31.9 Å².